The molecule has 4 atom stereocenters. The summed E-state index contributed by atoms with van der Waals surface area (Å²) in [6, 6.07) is 3.18. The molecule has 2 saturated heterocycles. The van der Waals surface area contributed by atoms with Gasteiger partial charge in [-0.25, -0.2) is 14.6 Å². The molecule has 9 rings (SSSR count). The summed E-state index contributed by atoms with van der Waals surface area (Å²) in [7, 11) is 2.21. The van der Waals surface area contributed by atoms with E-state index in [9.17, 15) is 5.26 Å². The SMILES string of the molecule is C[C@@H]([C@@H]1CCCN1C)n1nc2c3c(nc(-c4noc5c4CCC[C@@]54CCCc5sc(N)c(C#N)c54)nc31)N1CCCCC[C@@H]1CO2. The van der Waals surface area contributed by atoms with Gasteiger partial charge in [0.25, 0.3) is 0 Å². The van der Waals surface area contributed by atoms with Gasteiger partial charge >= 0.3 is 0 Å². The number of likely N-dealkylation sites (tertiary alicyclic amines) is 1. The van der Waals surface area contributed by atoms with Crippen LogP contribution >= 0.6 is 11.3 Å². The maximum atomic E-state index is 10.2. The van der Waals surface area contributed by atoms with Crippen molar-refractivity contribution in [1.82, 2.24) is 29.8 Å². The Labute approximate surface area is 272 Å². The van der Waals surface area contributed by atoms with Gasteiger partial charge in [-0.1, -0.05) is 18.0 Å². The maximum absolute atomic E-state index is 10.2. The average Bonchev–Trinajstić information content (AvgIpc) is 3.79. The van der Waals surface area contributed by atoms with Gasteiger partial charge < -0.3 is 24.8 Å². The molecule has 5 aliphatic rings. The van der Waals surface area contributed by atoms with Gasteiger partial charge in [0.1, 0.15) is 28.9 Å². The number of rotatable bonds is 3. The number of anilines is 2. The Morgan fingerprint density at radius 3 is 2.76 bits per heavy atom. The normalized spacial score (nSPS) is 26.6. The first-order chi connectivity index (χ1) is 22.5. The second kappa shape index (κ2) is 10.7. The van der Waals surface area contributed by atoms with E-state index in [0.29, 0.717) is 34.9 Å². The minimum absolute atomic E-state index is 0.117. The van der Waals surface area contributed by atoms with Crippen LogP contribution in [0.3, 0.4) is 0 Å². The minimum atomic E-state index is -0.387. The Hall–Kier alpha value is -3.69. The minimum Gasteiger partial charge on any atom is -0.474 e. The molecule has 2 N–H and O–H groups in total. The number of nitrogens with two attached hydrogens (primary N) is 1. The fourth-order valence-corrected chi connectivity index (χ4v) is 10.6. The predicted octanol–water partition coefficient (Wildman–Crippen LogP) is 5.75. The van der Waals surface area contributed by atoms with Gasteiger partial charge in [0.05, 0.1) is 23.1 Å². The third-order valence-electron chi connectivity index (χ3n) is 11.7. The van der Waals surface area contributed by atoms with Crippen molar-refractivity contribution in [3.05, 3.63) is 27.3 Å². The van der Waals surface area contributed by atoms with Crippen molar-refractivity contribution >= 4 is 33.2 Å². The molecular formula is C34H41N9O2S. The number of likely N-dealkylation sites (N-methyl/N-ethyl adjacent to an activating group) is 1. The van der Waals surface area contributed by atoms with Gasteiger partial charge in [0.15, 0.2) is 22.9 Å². The van der Waals surface area contributed by atoms with Crippen LogP contribution in [0.5, 0.6) is 5.88 Å². The largest absolute Gasteiger partial charge is 0.474 e. The third-order valence-corrected chi connectivity index (χ3v) is 12.7. The highest BCUT2D eigenvalue weighted by molar-refractivity contribution is 7.16. The number of thiophene rings is 1. The molecule has 4 aromatic heterocycles. The monoisotopic (exact) mass is 639 g/mol. The van der Waals surface area contributed by atoms with Crippen LogP contribution in [0, 0.1) is 11.3 Å². The average molecular weight is 640 g/mol. The number of nitrogen functional groups attached to an aromatic ring is 1. The van der Waals surface area contributed by atoms with Gasteiger partial charge in [0.2, 0.25) is 5.88 Å². The van der Waals surface area contributed by atoms with Crippen molar-refractivity contribution in [1.29, 1.82) is 5.26 Å². The molecular weight excluding hydrogens is 599 g/mol. The Balaban J connectivity index is 1.24. The zero-order valence-electron chi connectivity index (χ0n) is 26.7. The summed E-state index contributed by atoms with van der Waals surface area (Å²) >= 11 is 1.57. The second-order valence-electron chi connectivity index (χ2n) is 14.1. The molecule has 0 saturated carbocycles. The fourth-order valence-electron chi connectivity index (χ4n) is 9.42. The van der Waals surface area contributed by atoms with Gasteiger partial charge in [0, 0.05) is 23.0 Å². The van der Waals surface area contributed by atoms with E-state index < -0.39 is 0 Å². The van der Waals surface area contributed by atoms with Crippen molar-refractivity contribution < 1.29 is 9.26 Å². The maximum Gasteiger partial charge on any atom is 0.246 e. The number of aromatic nitrogens is 5. The summed E-state index contributed by atoms with van der Waals surface area (Å²) in [5, 5.41) is 21.6. The lowest BCUT2D eigenvalue weighted by Crippen LogP contribution is -2.39. The van der Waals surface area contributed by atoms with Crippen LogP contribution in [0.1, 0.15) is 105 Å². The van der Waals surface area contributed by atoms with E-state index in [1.54, 1.807) is 11.3 Å². The smallest absolute Gasteiger partial charge is 0.246 e. The van der Waals surface area contributed by atoms with E-state index >= 15 is 0 Å². The first kappa shape index (κ1) is 28.5. The molecule has 3 aliphatic heterocycles. The summed E-state index contributed by atoms with van der Waals surface area (Å²) in [5.41, 5.74) is 10.3. The molecule has 1 spiro atoms. The molecule has 0 amide bonds. The van der Waals surface area contributed by atoms with Crippen molar-refractivity contribution in [3.63, 3.8) is 0 Å². The number of hydrogen-bond donors (Lipinski definition) is 1. The van der Waals surface area contributed by atoms with E-state index in [4.69, 9.17) is 35.2 Å². The predicted molar refractivity (Wildman–Crippen MR) is 176 cm³/mol. The highest BCUT2D eigenvalue weighted by atomic mass is 32.1. The van der Waals surface area contributed by atoms with Gasteiger partial charge in [-0.15, -0.1) is 16.4 Å². The lowest BCUT2D eigenvalue weighted by atomic mass is 9.63. The third kappa shape index (κ3) is 4.03. The van der Waals surface area contributed by atoms with E-state index in [0.717, 1.165) is 110 Å². The van der Waals surface area contributed by atoms with Crippen LogP contribution in [0.15, 0.2) is 4.52 Å². The van der Waals surface area contributed by atoms with Crippen LogP contribution in [-0.4, -0.2) is 68.6 Å². The van der Waals surface area contributed by atoms with Gasteiger partial charge in [-0.3, -0.25) is 0 Å². The van der Waals surface area contributed by atoms with Crippen molar-refractivity contribution in [2.45, 2.75) is 108 Å². The van der Waals surface area contributed by atoms with Crippen LogP contribution in [0.25, 0.3) is 22.6 Å². The van der Waals surface area contributed by atoms with Crippen LogP contribution in [-0.2, 0) is 18.3 Å². The summed E-state index contributed by atoms with van der Waals surface area (Å²) in [4.78, 5) is 16.8. The zero-order valence-corrected chi connectivity index (χ0v) is 27.5. The Morgan fingerprint density at radius 2 is 1.93 bits per heavy atom. The molecule has 4 aromatic rings. The molecule has 7 heterocycles. The Kier molecular flexibility index (Phi) is 6.62. The van der Waals surface area contributed by atoms with E-state index in [1.807, 2.05) is 0 Å². The number of hydrogen-bond acceptors (Lipinski definition) is 11. The summed E-state index contributed by atoms with van der Waals surface area (Å²) in [6.45, 7) is 4.89. The highest BCUT2D eigenvalue weighted by Gasteiger charge is 2.49. The first-order valence-corrected chi connectivity index (χ1v) is 18.0. The molecule has 2 aliphatic carbocycles. The molecule has 240 valence electrons. The molecule has 0 aromatic carbocycles. The molecule has 11 nitrogen and oxygen atoms in total. The van der Waals surface area contributed by atoms with Crippen molar-refractivity contribution in [2.24, 2.45) is 0 Å². The topological polar surface area (TPSA) is 135 Å². The molecule has 2 fully saturated rings. The van der Waals surface area contributed by atoms with Gasteiger partial charge in [-0.2, -0.15) is 5.26 Å². The summed E-state index contributed by atoms with van der Waals surface area (Å²) < 4.78 is 15.0. The molecule has 12 heteroatoms. The number of aryl methyl sites for hydroxylation is 1. The molecule has 0 unspecified atom stereocenters. The number of nitrogens with zero attached hydrogens (tertiary/aromatic N) is 8. The van der Waals surface area contributed by atoms with Crippen molar-refractivity contribution in [3.8, 4) is 23.5 Å². The molecule has 0 bridgehead atoms. The lowest BCUT2D eigenvalue weighted by molar-refractivity contribution is 0.224. The zero-order chi connectivity index (χ0) is 31.2. The quantitative estimate of drug-likeness (QED) is 0.295. The summed E-state index contributed by atoms with van der Waals surface area (Å²) in [6.07, 6.45) is 12.6. The standard InChI is InChI=1S/C34H41N9O2S/c1-19(23-11-8-15-41(23)2)43-32-25-31(42-16-5-3-4-9-20(42)18-44-33(25)39-43)37-30(38-32)27-21-10-6-13-34(28(21)45-40-27)14-7-12-24-26(34)22(17-35)29(36)46-24/h19-20,23H,3-16,18,36H2,1-2H3/t19-,20+,23-,34-/m0/s1. The lowest BCUT2D eigenvalue weighted by Gasteiger charge is -2.39. The van der Waals surface area contributed by atoms with E-state index in [2.05, 4.69) is 34.5 Å². The number of ether oxygens (including phenoxy) is 1. The van der Waals surface area contributed by atoms with E-state index in [-0.39, 0.29) is 17.5 Å². The number of fused-ring (bicyclic) bond motifs is 6. The van der Waals surface area contributed by atoms with Crippen molar-refractivity contribution in [2.75, 3.05) is 37.4 Å². The van der Waals surface area contributed by atoms with Crippen LogP contribution in [0.4, 0.5) is 10.8 Å². The fraction of sp³-hybridized carbons (Fsp3) is 0.618. The molecule has 46 heavy (non-hydrogen) atoms. The van der Waals surface area contributed by atoms with Crippen LogP contribution < -0.4 is 15.4 Å². The Bertz CT molecular complexity index is 1880. The highest BCUT2D eigenvalue weighted by Crippen LogP contribution is 2.55. The first-order valence-electron chi connectivity index (χ1n) is 17.2. The van der Waals surface area contributed by atoms with Gasteiger partial charge in [-0.05, 0) is 90.3 Å². The summed E-state index contributed by atoms with van der Waals surface area (Å²) in [5.74, 6) is 3.03. The molecule has 0 radical (unpaired) electrons. The van der Waals surface area contributed by atoms with Crippen LogP contribution in [0.2, 0.25) is 0 Å². The Morgan fingerprint density at radius 1 is 1.07 bits per heavy atom. The van der Waals surface area contributed by atoms with E-state index in [1.165, 1.54) is 24.1 Å². The second-order valence-corrected chi connectivity index (χ2v) is 15.3. The number of nitriles is 1.